The third-order valence-corrected chi connectivity index (χ3v) is 3.39. The van der Waals surface area contributed by atoms with Crippen LogP contribution in [0.3, 0.4) is 0 Å². The molecule has 0 spiro atoms. The summed E-state index contributed by atoms with van der Waals surface area (Å²) in [5, 5.41) is 0. The molecule has 25 heavy (non-hydrogen) atoms. The SMILES string of the molecule is COC(=O)C[C@H]1CN(C(=O)OC(C)(C)C)CCN1C(=O)OC(C)(C)C. The van der Waals surface area contributed by atoms with Crippen LogP contribution in [0.5, 0.6) is 0 Å². The Morgan fingerprint density at radius 1 is 0.920 bits per heavy atom. The van der Waals surface area contributed by atoms with Crippen molar-refractivity contribution in [1.29, 1.82) is 0 Å². The molecule has 8 nitrogen and oxygen atoms in total. The second-order valence-electron chi connectivity index (χ2n) is 8.03. The summed E-state index contributed by atoms with van der Waals surface area (Å²) in [6.07, 6.45) is -0.994. The summed E-state index contributed by atoms with van der Waals surface area (Å²) in [7, 11) is 1.29. The zero-order valence-electron chi connectivity index (χ0n) is 16.2. The maximum Gasteiger partial charge on any atom is 0.410 e. The molecule has 0 N–H and O–H groups in total. The lowest BCUT2D eigenvalue weighted by molar-refractivity contribution is -0.142. The van der Waals surface area contributed by atoms with Gasteiger partial charge in [-0.3, -0.25) is 4.79 Å². The first-order valence-electron chi connectivity index (χ1n) is 8.37. The molecule has 0 aliphatic carbocycles. The summed E-state index contributed by atoms with van der Waals surface area (Å²) in [4.78, 5) is 39.4. The highest BCUT2D eigenvalue weighted by Gasteiger charge is 2.37. The zero-order valence-corrected chi connectivity index (χ0v) is 16.2. The second kappa shape index (κ2) is 7.93. The van der Waals surface area contributed by atoms with E-state index in [-0.39, 0.29) is 19.5 Å². The van der Waals surface area contributed by atoms with Crippen LogP contribution in [-0.4, -0.2) is 71.9 Å². The van der Waals surface area contributed by atoms with Crippen molar-refractivity contribution in [2.45, 2.75) is 65.2 Å². The fourth-order valence-electron chi connectivity index (χ4n) is 2.36. The highest BCUT2D eigenvalue weighted by molar-refractivity contribution is 5.74. The Kier molecular flexibility index (Phi) is 6.68. The van der Waals surface area contributed by atoms with Crippen LogP contribution in [0.4, 0.5) is 9.59 Å². The van der Waals surface area contributed by atoms with E-state index in [0.717, 1.165) is 0 Å². The van der Waals surface area contributed by atoms with E-state index in [2.05, 4.69) is 0 Å². The standard InChI is InChI=1S/C17H30N2O6/c1-16(2,3)24-14(21)18-8-9-19(15(22)25-17(4,5)6)12(11-18)10-13(20)23-7/h12H,8-11H2,1-7H3/t12-/m0/s1. The predicted molar refractivity (Wildman–Crippen MR) is 91.2 cm³/mol. The minimum Gasteiger partial charge on any atom is -0.469 e. The molecule has 8 heteroatoms. The Labute approximate surface area is 149 Å². The molecule has 1 aliphatic heterocycles. The van der Waals surface area contributed by atoms with Crippen molar-refractivity contribution >= 4 is 18.2 Å². The molecule has 1 atom stereocenters. The van der Waals surface area contributed by atoms with Crippen LogP contribution < -0.4 is 0 Å². The van der Waals surface area contributed by atoms with E-state index < -0.39 is 35.4 Å². The lowest BCUT2D eigenvalue weighted by atomic mass is 10.1. The zero-order chi connectivity index (χ0) is 19.4. The molecule has 0 bridgehead atoms. The Morgan fingerprint density at radius 2 is 1.44 bits per heavy atom. The number of hydrogen-bond donors (Lipinski definition) is 0. The van der Waals surface area contributed by atoms with Crippen LogP contribution >= 0.6 is 0 Å². The highest BCUT2D eigenvalue weighted by Crippen LogP contribution is 2.20. The Morgan fingerprint density at radius 3 is 1.92 bits per heavy atom. The highest BCUT2D eigenvalue weighted by atomic mass is 16.6. The number of esters is 1. The van der Waals surface area contributed by atoms with Crippen molar-refractivity contribution in [3.8, 4) is 0 Å². The number of methoxy groups -OCH3 is 1. The van der Waals surface area contributed by atoms with Gasteiger partial charge in [0.1, 0.15) is 11.2 Å². The molecule has 1 aliphatic rings. The van der Waals surface area contributed by atoms with Gasteiger partial charge in [0.05, 0.1) is 19.6 Å². The van der Waals surface area contributed by atoms with Crippen LogP contribution in [0.1, 0.15) is 48.0 Å². The van der Waals surface area contributed by atoms with Crippen LogP contribution in [0.2, 0.25) is 0 Å². The Hall–Kier alpha value is -1.99. The molecule has 144 valence electrons. The van der Waals surface area contributed by atoms with Gasteiger partial charge in [-0.15, -0.1) is 0 Å². The van der Waals surface area contributed by atoms with Crippen LogP contribution in [0, 0.1) is 0 Å². The van der Waals surface area contributed by atoms with Gasteiger partial charge in [0, 0.05) is 19.6 Å². The molecule has 2 amide bonds. The van der Waals surface area contributed by atoms with E-state index in [1.165, 1.54) is 16.9 Å². The number of rotatable bonds is 2. The molecule has 0 unspecified atom stereocenters. The number of nitrogens with zero attached hydrogens (tertiary/aromatic N) is 2. The average molecular weight is 358 g/mol. The third kappa shape index (κ3) is 7.19. The molecule has 1 fully saturated rings. The molecular formula is C17H30N2O6. The molecule has 1 saturated heterocycles. The normalized spacial score (nSPS) is 18.6. The fourth-order valence-corrected chi connectivity index (χ4v) is 2.36. The first-order chi connectivity index (χ1) is 11.3. The number of ether oxygens (including phenoxy) is 3. The van der Waals surface area contributed by atoms with Crippen LogP contribution in [-0.2, 0) is 19.0 Å². The van der Waals surface area contributed by atoms with Crippen molar-refractivity contribution in [1.82, 2.24) is 9.80 Å². The molecular weight excluding hydrogens is 328 g/mol. The number of hydrogen-bond acceptors (Lipinski definition) is 6. The smallest absolute Gasteiger partial charge is 0.410 e. The molecule has 0 aromatic rings. The summed E-state index contributed by atoms with van der Waals surface area (Å²) in [5.41, 5.74) is -1.26. The number of carbonyl (C=O) groups excluding carboxylic acids is 3. The summed E-state index contributed by atoms with van der Waals surface area (Å²) in [6.45, 7) is 11.4. The molecule has 1 heterocycles. The van der Waals surface area contributed by atoms with Crippen molar-refractivity contribution in [2.75, 3.05) is 26.7 Å². The maximum absolute atomic E-state index is 12.4. The third-order valence-electron chi connectivity index (χ3n) is 3.39. The van der Waals surface area contributed by atoms with Gasteiger partial charge >= 0.3 is 18.2 Å². The summed E-state index contributed by atoms with van der Waals surface area (Å²) < 4.78 is 15.5. The first-order valence-corrected chi connectivity index (χ1v) is 8.37. The quantitative estimate of drug-likeness (QED) is 0.557. The first kappa shape index (κ1) is 21.1. The van der Waals surface area contributed by atoms with Crippen molar-refractivity contribution < 1.29 is 28.6 Å². The van der Waals surface area contributed by atoms with E-state index >= 15 is 0 Å². The van der Waals surface area contributed by atoms with Crippen molar-refractivity contribution in [3.63, 3.8) is 0 Å². The van der Waals surface area contributed by atoms with Gasteiger partial charge in [0.2, 0.25) is 0 Å². The van der Waals surface area contributed by atoms with Crippen molar-refractivity contribution in [3.05, 3.63) is 0 Å². The molecule has 0 aromatic heterocycles. The van der Waals surface area contributed by atoms with Gasteiger partial charge in [-0.2, -0.15) is 0 Å². The van der Waals surface area contributed by atoms with E-state index in [4.69, 9.17) is 14.2 Å². The largest absolute Gasteiger partial charge is 0.469 e. The van der Waals surface area contributed by atoms with Crippen LogP contribution in [0.25, 0.3) is 0 Å². The topological polar surface area (TPSA) is 85.4 Å². The second-order valence-corrected chi connectivity index (χ2v) is 8.03. The van der Waals surface area contributed by atoms with Gasteiger partial charge in [0.25, 0.3) is 0 Å². The van der Waals surface area contributed by atoms with Crippen molar-refractivity contribution in [2.24, 2.45) is 0 Å². The molecule has 0 aromatic carbocycles. The van der Waals surface area contributed by atoms with Gasteiger partial charge < -0.3 is 24.0 Å². The van der Waals surface area contributed by atoms with Crippen LogP contribution in [0.15, 0.2) is 0 Å². The van der Waals surface area contributed by atoms with Gasteiger partial charge in [-0.05, 0) is 41.5 Å². The maximum atomic E-state index is 12.4. The van der Waals surface area contributed by atoms with Gasteiger partial charge in [-0.1, -0.05) is 0 Å². The molecule has 0 saturated carbocycles. The van der Waals surface area contributed by atoms with E-state index in [1.54, 1.807) is 41.5 Å². The number of amides is 2. The van der Waals surface area contributed by atoms with E-state index in [9.17, 15) is 14.4 Å². The lowest BCUT2D eigenvalue weighted by Crippen LogP contribution is -2.58. The fraction of sp³-hybridized carbons (Fsp3) is 0.824. The van der Waals surface area contributed by atoms with E-state index in [1.807, 2.05) is 0 Å². The Balaban J connectivity index is 2.86. The lowest BCUT2D eigenvalue weighted by Gasteiger charge is -2.41. The Bertz CT molecular complexity index is 506. The summed E-state index contributed by atoms with van der Waals surface area (Å²) in [5.74, 6) is -0.454. The monoisotopic (exact) mass is 358 g/mol. The average Bonchev–Trinajstić information content (AvgIpc) is 2.43. The van der Waals surface area contributed by atoms with Gasteiger partial charge in [-0.25, -0.2) is 9.59 Å². The molecule has 0 radical (unpaired) electrons. The van der Waals surface area contributed by atoms with Gasteiger partial charge in [0.15, 0.2) is 0 Å². The molecule has 1 rings (SSSR count). The summed E-state index contributed by atoms with van der Waals surface area (Å²) in [6, 6.07) is -0.524. The minimum absolute atomic E-state index is 0.0188. The van der Waals surface area contributed by atoms with E-state index in [0.29, 0.717) is 6.54 Å². The number of carbonyl (C=O) groups is 3. The number of piperazine rings is 1. The predicted octanol–water partition coefficient (Wildman–Crippen LogP) is 2.41. The minimum atomic E-state index is -0.644. The summed E-state index contributed by atoms with van der Waals surface area (Å²) >= 11 is 0.